The van der Waals surface area contributed by atoms with Crippen LogP contribution >= 0.6 is 12.4 Å². The lowest BCUT2D eigenvalue weighted by atomic mass is 10.0. The Kier molecular flexibility index (Phi) is 3.63. The molecule has 0 amide bonds. The zero-order valence-corrected chi connectivity index (χ0v) is 7.98. The number of nitrogens with zero attached hydrogens (tertiary/aromatic N) is 1. The number of nitrogens with one attached hydrogen (secondary N) is 1. The van der Waals surface area contributed by atoms with E-state index in [9.17, 15) is 4.39 Å². The number of hydrogen-bond acceptors (Lipinski definition) is 2. The van der Waals surface area contributed by atoms with Crippen LogP contribution in [0.2, 0.25) is 0 Å². The highest BCUT2D eigenvalue weighted by Gasteiger charge is 2.17. The number of hydrogen-bond donors (Lipinski definition) is 1. The summed E-state index contributed by atoms with van der Waals surface area (Å²) in [7, 11) is 0. The molecule has 1 aromatic rings. The molecule has 4 heteroatoms. The summed E-state index contributed by atoms with van der Waals surface area (Å²) in [6.45, 7) is 1.94. The van der Waals surface area contributed by atoms with Crippen LogP contribution in [-0.2, 0) is 0 Å². The van der Waals surface area contributed by atoms with Crippen LogP contribution in [0.25, 0.3) is 0 Å². The molecule has 0 bridgehead atoms. The van der Waals surface area contributed by atoms with Crippen molar-refractivity contribution in [2.75, 3.05) is 13.1 Å². The van der Waals surface area contributed by atoms with Gasteiger partial charge in [0.2, 0.25) is 5.95 Å². The molecule has 1 atom stereocenters. The second kappa shape index (κ2) is 4.53. The Morgan fingerprint density at radius 1 is 1.46 bits per heavy atom. The second-order valence-electron chi connectivity index (χ2n) is 3.07. The molecule has 1 aliphatic rings. The third kappa shape index (κ3) is 2.39. The smallest absolute Gasteiger partial charge is 0.213 e. The summed E-state index contributed by atoms with van der Waals surface area (Å²) < 4.78 is 12.7. The Morgan fingerprint density at radius 2 is 2.31 bits per heavy atom. The minimum Gasteiger partial charge on any atom is -0.316 e. The molecule has 0 aromatic carbocycles. The van der Waals surface area contributed by atoms with Gasteiger partial charge in [0, 0.05) is 18.2 Å². The molecule has 0 saturated carbocycles. The molecule has 0 spiro atoms. The fraction of sp³-hybridized carbons (Fsp3) is 0.444. The van der Waals surface area contributed by atoms with Crippen molar-refractivity contribution in [2.45, 2.75) is 12.3 Å². The Labute approximate surface area is 83.0 Å². The molecule has 1 unspecified atom stereocenters. The lowest BCUT2D eigenvalue weighted by molar-refractivity contribution is 0.567. The first-order chi connectivity index (χ1) is 5.86. The Hall–Kier alpha value is -0.670. The molecule has 1 fully saturated rings. The first-order valence-corrected chi connectivity index (χ1v) is 4.19. The zero-order chi connectivity index (χ0) is 8.39. The predicted octanol–water partition coefficient (Wildman–Crippen LogP) is 1.72. The molecule has 13 heavy (non-hydrogen) atoms. The molecule has 2 rings (SSSR count). The maximum absolute atomic E-state index is 12.7. The molecule has 2 nitrogen and oxygen atoms in total. The van der Waals surface area contributed by atoms with Crippen LogP contribution < -0.4 is 5.32 Å². The fourth-order valence-electron chi connectivity index (χ4n) is 1.56. The van der Waals surface area contributed by atoms with Gasteiger partial charge in [-0.1, -0.05) is 6.07 Å². The van der Waals surface area contributed by atoms with E-state index in [1.54, 1.807) is 6.07 Å². The van der Waals surface area contributed by atoms with E-state index in [0.717, 1.165) is 25.2 Å². The normalized spacial score (nSPS) is 21.2. The summed E-state index contributed by atoms with van der Waals surface area (Å²) >= 11 is 0. The predicted molar refractivity (Wildman–Crippen MR) is 51.7 cm³/mol. The highest BCUT2D eigenvalue weighted by atomic mass is 35.5. The van der Waals surface area contributed by atoms with Gasteiger partial charge in [-0.3, -0.25) is 0 Å². The van der Waals surface area contributed by atoms with Gasteiger partial charge in [0.05, 0.1) is 0 Å². The van der Waals surface area contributed by atoms with Crippen LogP contribution in [0.4, 0.5) is 4.39 Å². The molecule has 1 aromatic heterocycles. The average Bonchev–Trinajstić information content (AvgIpc) is 2.56. The highest BCUT2D eigenvalue weighted by molar-refractivity contribution is 5.85. The van der Waals surface area contributed by atoms with E-state index in [2.05, 4.69) is 10.3 Å². The van der Waals surface area contributed by atoms with E-state index in [0.29, 0.717) is 5.92 Å². The standard InChI is InChI=1S/C9H11FN2.ClH/c10-9-3-1-2-8(12-9)7-4-5-11-6-7;/h1-3,7,11H,4-6H2;1H. The van der Waals surface area contributed by atoms with Crippen LogP contribution in [0.1, 0.15) is 18.0 Å². The van der Waals surface area contributed by atoms with Gasteiger partial charge >= 0.3 is 0 Å². The van der Waals surface area contributed by atoms with Crippen molar-refractivity contribution in [3.8, 4) is 0 Å². The summed E-state index contributed by atoms with van der Waals surface area (Å²) in [4.78, 5) is 3.85. The molecular formula is C9H12ClFN2. The van der Waals surface area contributed by atoms with E-state index < -0.39 is 0 Å². The largest absolute Gasteiger partial charge is 0.316 e. The van der Waals surface area contributed by atoms with Crippen molar-refractivity contribution < 1.29 is 4.39 Å². The van der Waals surface area contributed by atoms with Crippen LogP contribution in [0.15, 0.2) is 18.2 Å². The van der Waals surface area contributed by atoms with Crippen LogP contribution in [-0.4, -0.2) is 18.1 Å². The lowest BCUT2D eigenvalue weighted by Gasteiger charge is -2.06. The average molecular weight is 203 g/mol. The molecular weight excluding hydrogens is 191 g/mol. The number of pyridine rings is 1. The van der Waals surface area contributed by atoms with E-state index in [1.807, 2.05) is 6.07 Å². The quantitative estimate of drug-likeness (QED) is 0.702. The highest BCUT2D eigenvalue weighted by Crippen LogP contribution is 2.19. The molecule has 0 radical (unpaired) electrons. The maximum Gasteiger partial charge on any atom is 0.213 e. The van der Waals surface area contributed by atoms with E-state index >= 15 is 0 Å². The zero-order valence-electron chi connectivity index (χ0n) is 7.16. The SMILES string of the molecule is Cl.Fc1cccc(C2CCNC2)n1. The number of aromatic nitrogens is 1. The Bertz CT molecular complexity index is 274. The van der Waals surface area contributed by atoms with E-state index in [-0.39, 0.29) is 18.4 Å². The topological polar surface area (TPSA) is 24.9 Å². The summed E-state index contributed by atoms with van der Waals surface area (Å²) in [6, 6.07) is 4.99. The van der Waals surface area contributed by atoms with Gasteiger partial charge in [0.15, 0.2) is 0 Å². The van der Waals surface area contributed by atoms with Crippen molar-refractivity contribution in [3.63, 3.8) is 0 Å². The molecule has 2 heterocycles. The van der Waals surface area contributed by atoms with Crippen molar-refractivity contribution >= 4 is 12.4 Å². The molecule has 72 valence electrons. The number of rotatable bonds is 1. The van der Waals surface area contributed by atoms with Gasteiger partial charge in [-0.15, -0.1) is 12.4 Å². The minimum atomic E-state index is -0.376. The first kappa shape index (κ1) is 10.4. The molecule has 1 N–H and O–H groups in total. The van der Waals surface area contributed by atoms with Gasteiger partial charge in [-0.25, -0.2) is 4.98 Å². The lowest BCUT2D eigenvalue weighted by Crippen LogP contribution is -2.09. The second-order valence-corrected chi connectivity index (χ2v) is 3.07. The van der Waals surface area contributed by atoms with Crippen LogP contribution in [0.3, 0.4) is 0 Å². The minimum absolute atomic E-state index is 0. The van der Waals surface area contributed by atoms with Gasteiger partial charge < -0.3 is 5.32 Å². The monoisotopic (exact) mass is 202 g/mol. The van der Waals surface area contributed by atoms with Crippen molar-refractivity contribution in [1.29, 1.82) is 0 Å². The fourth-order valence-corrected chi connectivity index (χ4v) is 1.56. The Balaban J connectivity index is 0.000000845. The van der Waals surface area contributed by atoms with Crippen molar-refractivity contribution in [2.24, 2.45) is 0 Å². The van der Waals surface area contributed by atoms with E-state index in [4.69, 9.17) is 0 Å². The summed E-state index contributed by atoms with van der Waals surface area (Å²) in [5.74, 6) is 0.0279. The summed E-state index contributed by atoms with van der Waals surface area (Å²) in [5.41, 5.74) is 0.875. The van der Waals surface area contributed by atoms with Gasteiger partial charge in [-0.2, -0.15) is 4.39 Å². The molecule has 1 aliphatic heterocycles. The van der Waals surface area contributed by atoms with Crippen LogP contribution in [0.5, 0.6) is 0 Å². The van der Waals surface area contributed by atoms with Crippen LogP contribution in [0, 0.1) is 5.95 Å². The summed E-state index contributed by atoms with van der Waals surface area (Å²) in [6.07, 6.45) is 1.07. The van der Waals surface area contributed by atoms with Gasteiger partial charge in [0.1, 0.15) is 0 Å². The third-order valence-electron chi connectivity index (χ3n) is 2.22. The molecule has 1 saturated heterocycles. The van der Waals surface area contributed by atoms with Crippen molar-refractivity contribution in [3.05, 3.63) is 29.8 Å². The van der Waals surface area contributed by atoms with Gasteiger partial charge in [0.25, 0.3) is 0 Å². The van der Waals surface area contributed by atoms with Gasteiger partial charge in [-0.05, 0) is 25.1 Å². The summed E-state index contributed by atoms with van der Waals surface area (Å²) in [5, 5.41) is 3.23. The number of halogens is 2. The molecule has 0 aliphatic carbocycles. The Morgan fingerprint density at radius 3 is 2.92 bits per heavy atom. The third-order valence-corrected chi connectivity index (χ3v) is 2.22. The van der Waals surface area contributed by atoms with E-state index in [1.165, 1.54) is 6.07 Å². The van der Waals surface area contributed by atoms with Crippen molar-refractivity contribution in [1.82, 2.24) is 10.3 Å². The first-order valence-electron chi connectivity index (χ1n) is 4.19. The maximum atomic E-state index is 12.7.